The molecule has 17 heavy (non-hydrogen) atoms. The molecule has 0 aromatic carbocycles. The third-order valence-corrected chi connectivity index (χ3v) is 2.17. The molecule has 0 aliphatic carbocycles. The number of imidazole rings is 1. The highest BCUT2D eigenvalue weighted by molar-refractivity contribution is 5.93. The van der Waals surface area contributed by atoms with E-state index in [0.29, 0.717) is 18.5 Å². The Hall–Kier alpha value is -2.37. The van der Waals surface area contributed by atoms with Crippen molar-refractivity contribution < 1.29 is 9.21 Å². The van der Waals surface area contributed by atoms with Gasteiger partial charge in [-0.1, -0.05) is 0 Å². The number of aromatic nitrogens is 2. The summed E-state index contributed by atoms with van der Waals surface area (Å²) in [5.41, 5.74) is -0.152. The molecule has 2 aromatic rings. The van der Waals surface area contributed by atoms with Crippen LogP contribution in [0.2, 0.25) is 0 Å². The Labute approximate surface area is 96.7 Å². The van der Waals surface area contributed by atoms with E-state index in [1.807, 2.05) is 0 Å². The second kappa shape index (κ2) is 5.11. The van der Waals surface area contributed by atoms with Crippen LogP contribution in [0.4, 0.5) is 0 Å². The van der Waals surface area contributed by atoms with Crippen LogP contribution in [0.3, 0.4) is 0 Å². The van der Waals surface area contributed by atoms with Crippen molar-refractivity contribution in [1.82, 2.24) is 15.3 Å². The quantitative estimate of drug-likeness (QED) is 0.796. The molecule has 1 amide bonds. The van der Waals surface area contributed by atoms with Crippen LogP contribution in [0.25, 0.3) is 0 Å². The number of nitrogens with one attached hydrogen (secondary N) is 2. The van der Waals surface area contributed by atoms with Crippen molar-refractivity contribution in [2.24, 2.45) is 0 Å². The van der Waals surface area contributed by atoms with Crippen LogP contribution in [0.5, 0.6) is 0 Å². The molecule has 2 N–H and O–H groups in total. The minimum atomic E-state index is -0.475. The predicted molar refractivity (Wildman–Crippen MR) is 59.6 cm³/mol. The zero-order valence-electron chi connectivity index (χ0n) is 8.97. The molecule has 2 heterocycles. The van der Waals surface area contributed by atoms with Crippen molar-refractivity contribution in [3.05, 3.63) is 52.6 Å². The Kier molecular flexibility index (Phi) is 3.34. The highest BCUT2D eigenvalue weighted by Gasteiger charge is 2.05. The van der Waals surface area contributed by atoms with Gasteiger partial charge in [-0.05, 0) is 6.07 Å². The van der Waals surface area contributed by atoms with E-state index in [2.05, 4.69) is 19.7 Å². The summed E-state index contributed by atoms with van der Waals surface area (Å²) in [5, 5.41) is 2.70. The number of hydrogen-bond acceptors (Lipinski definition) is 4. The van der Waals surface area contributed by atoms with Crippen LogP contribution in [0, 0.1) is 0 Å². The molecule has 0 saturated carbocycles. The van der Waals surface area contributed by atoms with E-state index in [9.17, 15) is 9.59 Å². The van der Waals surface area contributed by atoms with E-state index in [1.165, 1.54) is 12.1 Å². The fourth-order valence-corrected chi connectivity index (χ4v) is 1.32. The first-order chi connectivity index (χ1) is 8.25. The molecule has 0 radical (unpaired) electrons. The largest absolute Gasteiger partial charge is 0.430 e. The molecule has 0 unspecified atom stereocenters. The first-order valence-electron chi connectivity index (χ1n) is 5.11. The fraction of sp³-hybridized carbons (Fsp3) is 0.182. The minimum Gasteiger partial charge on any atom is -0.430 e. The zero-order chi connectivity index (χ0) is 12.1. The molecular weight excluding hydrogens is 222 g/mol. The Bertz CT molecular complexity index is 525. The zero-order valence-corrected chi connectivity index (χ0v) is 8.97. The van der Waals surface area contributed by atoms with Gasteiger partial charge in [0.25, 0.3) is 5.91 Å². The Morgan fingerprint density at radius 1 is 1.47 bits per heavy atom. The van der Waals surface area contributed by atoms with Crippen LogP contribution >= 0.6 is 0 Å². The van der Waals surface area contributed by atoms with Gasteiger partial charge >= 0.3 is 5.63 Å². The van der Waals surface area contributed by atoms with Crippen LogP contribution in [-0.2, 0) is 6.42 Å². The van der Waals surface area contributed by atoms with Crippen LogP contribution in [-0.4, -0.2) is 22.4 Å². The normalized spacial score (nSPS) is 10.1. The summed E-state index contributed by atoms with van der Waals surface area (Å²) in [6.45, 7) is 0.464. The molecule has 0 aliphatic heterocycles. The lowest BCUT2D eigenvalue weighted by Crippen LogP contribution is -2.26. The van der Waals surface area contributed by atoms with Crippen molar-refractivity contribution in [3.8, 4) is 0 Å². The maximum absolute atomic E-state index is 11.6. The van der Waals surface area contributed by atoms with E-state index in [1.54, 1.807) is 12.4 Å². The van der Waals surface area contributed by atoms with Gasteiger partial charge in [0.05, 0.1) is 5.56 Å². The van der Waals surface area contributed by atoms with Crippen molar-refractivity contribution >= 4 is 5.91 Å². The molecule has 2 rings (SSSR count). The molecule has 6 nitrogen and oxygen atoms in total. The minimum absolute atomic E-state index is 0.277. The van der Waals surface area contributed by atoms with Gasteiger partial charge in [0.2, 0.25) is 0 Å². The molecule has 0 saturated heterocycles. The molecule has 0 fully saturated rings. The first kappa shape index (κ1) is 11.1. The van der Waals surface area contributed by atoms with E-state index in [0.717, 1.165) is 12.1 Å². The van der Waals surface area contributed by atoms with E-state index in [4.69, 9.17) is 0 Å². The first-order valence-corrected chi connectivity index (χ1v) is 5.11. The number of rotatable bonds is 4. The second-order valence-corrected chi connectivity index (χ2v) is 3.39. The number of nitrogens with zero attached hydrogens (tertiary/aromatic N) is 1. The molecule has 0 atom stereocenters. The number of hydrogen-bond donors (Lipinski definition) is 2. The average Bonchev–Trinajstić information content (AvgIpc) is 2.83. The molecule has 0 spiro atoms. The number of H-pyrrole nitrogens is 1. The van der Waals surface area contributed by atoms with Gasteiger partial charge < -0.3 is 14.7 Å². The maximum Gasteiger partial charge on any atom is 0.335 e. The standard InChI is InChI=1S/C11H11N3O3/c15-10-2-1-8(7-17-10)11(16)14-4-3-9-12-5-6-13-9/h1-2,5-7H,3-4H2,(H,12,13)(H,14,16). The molecular formula is C11H11N3O3. The highest BCUT2D eigenvalue weighted by Crippen LogP contribution is 1.95. The summed E-state index contributed by atoms with van der Waals surface area (Å²) in [6, 6.07) is 2.63. The monoisotopic (exact) mass is 233 g/mol. The second-order valence-electron chi connectivity index (χ2n) is 3.39. The summed E-state index contributed by atoms with van der Waals surface area (Å²) in [7, 11) is 0. The lowest BCUT2D eigenvalue weighted by Gasteiger charge is -2.02. The smallest absolute Gasteiger partial charge is 0.335 e. The molecule has 6 heteroatoms. The summed E-state index contributed by atoms with van der Waals surface area (Å²) in [6.07, 6.45) is 5.14. The number of amides is 1. The van der Waals surface area contributed by atoms with Gasteiger partial charge in [0.1, 0.15) is 12.1 Å². The Morgan fingerprint density at radius 3 is 3.00 bits per heavy atom. The van der Waals surface area contributed by atoms with Gasteiger partial charge in [-0.25, -0.2) is 9.78 Å². The lowest BCUT2D eigenvalue weighted by atomic mass is 10.3. The van der Waals surface area contributed by atoms with Crippen LogP contribution < -0.4 is 10.9 Å². The Morgan fingerprint density at radius 2 is 2.35 bits per heavy atom. The average molecular weight is 233 g/mol. The summed E-state index contributed by atoms with van der Waals surface area (Å²) in [4.78, 5) is 29.3. The highest BCUT2D eigenvalue weighted by atomic mass is 16.4. The molecule has 0 bridgehead atoms. The Balaban J connectivity index is 1.85. The number of carbonyl (C=O) groups is 1. The van der Waals surface area contributed by atoms with Crippen molar-refractivity contribution in [2.75, 3.05) is 6.54 Å². The van der Waals surface area contributed by atoms with Crippen molar-refractivity contribution in [2.45, 2.75) is 6.42 Å². The summed E-state index contributed by atoms with van der Waals surface area (Å²) in [5.74, 6) is 0.533. The number of carbonyl (C=O) groups excluding carboxylic acids is 1. The topological polar surface area (TPSA) is 88.0 Å². The van der Waals surface area contributed by atoms with Gasteiger partial charge in [0.15, 0.2) is 0 Å². The maximum atomic E-state index is 11.6. The fourth-order valence-electron chi connectivity index (χ4n) is 1.32. The molecule has 88 valence electrons. The van der Waals surface area contributed by atoms with Gasteiger partial charge in [-0.3, -0.25) is 4.79 Å². The van der Waals surface area contributed by atoms with Crippen LogP contribution in [0.15, 0.2) is 40.0 Å². The lowest BCUT2D eigenvalue weighted by molar-refractivity contribution is 0.0951. The van der Waals surface area contributed by atoms with E-state index < -0.39 is 5.63 Å². The van der Waals surface area contributed by atoms with Crippen molar-refractivity contribution in [1.29, 1.82) is 0 Å². The van der Waals surface area contributed by atoms with E-state index >= 15 is 0 Å². The van der Waals surface area contributed by atoms with E-state index in [-0.39, 0.29) is 5.91 Å². The SMILES string of the molecule is O=C(NCCc1ncc[nH]1)c1ccc(=O)oc1. The number of aromatic amines is 1. The third-order valence-electron chi connectivity index (χ3n) is 2.17. The summed E-state index contributed by atoms with van der Waals surface area (Å²) >= 11 is 0. The molecule has 2 aromatic heterocycles. The third kappa shape index (κ3) is 3.04. The van der Waals surface area contributed by atoms with Gasteiger partial charge in [0, 0.05) is 31.4 Å². The van der Waals surface area contributed by atoms with Crippen molar-refractivity contribution in [3.63, 3.8) is 0 Å². The molecule has 0 aliphatic rings. The van der Waals surface area contributed by atoms with Gasteiger partial charge in [-0.2, -0.15) is 0 Å². The predicted octanol–water partition coefficient (Wildman–Crippen LogP) is 0.335. The van der Waals surface area contributed by atoms with Crippen LogP contribution in [0.1, 0.15) is 16.2 Å². The van der Waals surface area contributed by atoms with Gasteiger partial charge in [-0.15, -0.1) is 0 Å². The summed E-state index contributed by atoms with van der Waals surface area (Å²) < 4.78 is 4.60.